The maximum atomic E-state index is 12.5. The molecule has 4 aromatic rings. The van der Waals surface area contributed by atoms with E-state index in [0.717, 1.165) is 29.8 Å². The van der Waals surface area contributed by atoms with Crippen molar-refractivity contribution in [2.24, 2.45) is 10.2 Å². The third kappa shape index (κ3) is 16.3. The lowest BCUT2D eigenvalue weighted by molar-refractivity contribution is 0.0214. The Morgan fingerprint density at radius 1 is 0.787 bits per heavy atom. The predicted octanol–water partition coefficient (Wildman–Crippen LogP) is 6.39. The van der Waals surface area contributed by atoms with E-state index in [0.29, 0.717) is 44.8 Å². The summed E-state index contributed by atoms with van der Waals surface area (Å²) in [7, 11) is 0. The minimum Gasteiger partial charge on any atom is -0.444 e. The largest absolute Gasteiger partial charge is 0.444 e. The van der Waals surface area contributed by atoms with Crippen molar-refractivity contribution in [1.29, 1.82) is 0 Å². The quantitative estimate of drug-likeness (QED) is 0.0769. The van der Waals surface area contributed by atoms with E-state index in [1.807, 2.05) is 45.0 Å². The second-order valence-electron chi connectivity index (χ2n) is 10.9. The number of hydrogen-bond donors (Lipinski definition) is 3. The van der Waals surface area contributed by atoms with Crippen molar-refractivity contribution >= 4 is 30.9 Å². The number of aromatic nitrogens is 6. The molecule has 0 atom stereocenters. The molecule has 18 heteroatoms. The van der Waals surface area contributed by atoms with Crippen LogP contribution in [-0.4, -0.2) is 60.5 Å². The zero-order valence-electron chi connectivity index (χ0n) is 26.5. The number of hydrogen-bond acceptors (Lipinski definition) is 9. The Bertz CT molecular complexity index is 1510. The fourth-order valence-electron chi connectivity index (χ4n) is 3.96. The third-order valence-corrected chi connectivity index (χ3v) is 6.12. The number of ether oxygens (including phenoxy) is 1. The zero-order chi connectivity index (χ0) is 32.3. The fourth-order valence-corrected chi connectivity index (χ4v) is 3.96. The normalized spacial score (nSPS) is 10.1. The van der Waals surface area contributed by atoms with Crippen LogP contribution in [-0.2, 0) is 43.8 Å². The summed E-state index contributed by atoms with van der Waals surface area (Å²) in [6.07, 6.45) is 4.32. The Balaban J connectivity index is 0.000000470. The molecule has 2 heterocycles. The number of carbonyl (C=O) groups excluding carboxylic acids is 1. The molecule has 252 valence electrons. The van der Waals surface area contributed by atoms with Crippen LogP contribution in [0.15, 0.2) is 71.2 Å². The summed E-state index contributed by atoms with van der Waals surface area (Å²) in [5.74, 6) is 0. The molecule has 0 aliphatic rings. The van der Waals surface area contributed by atoms with Crippen molar-refractivity contribution in [2.75, 3.05) is 13.1 Å². The van der Waals surface area contributed by atoms with Crippen LogP contribution in [0.3, 0.4) is 0 Å². The smallest absolute Gasteiger partial charge is 0.410 e. The van der Waals surface area contributed by atoms with E-state index in [2.05, 4.69) is 80.5 Å². The van der Waals surface area contributed by atoms with Crippen LogP contribution in [0.25, 0.3) is 20.9 Å². The van der Waals surface area contributed by atoms with Crippen LogP contribution in [0.2, 0.25) is 0 Å². The van der Waals surface area contributed by atoms with Gasteiger partial charge in [0.2, 0.25) is 0 Å². The van der Waals surface area contributed by atoms with E-state index in [1.165, 1.54) is 11.1 Å². The molecule has 0 bridgehead atoms. The lowest BCUT2D eigenvalue weighted by Crippen LogP contribution is -2.36. The maximum absolute atomic E-state index is 12.5. The lowest BCUT2D eigenvalue weighted by atomic mass is 10.1. The highest BCUT2D eigenvalue weighted by Gasteiger charge is 2.23. The highest BCUT2D eigenvalue weighted by Crippen LogP contribution is 2.16. The van der Waals surface area contributed by atoms with Gasteiger partial charge in [0.15, 0.2) is 0 Å². The Morgan fingerprint density at radius 3 is 1.74 bits per heavy atom. The number of aromatic amines is 2. The van der Waals surface area contributed by atoms with E-state index >= 15 is 0 Å². The highest BCUT2D eigenvalue weighted by molar-refractivity contribution is 5.85. The highest BCUT2D eigenvalue weighted by atomic mass is 35.5. The van der Waals surface area contributed by atoms with Crippen molar-refractivity contribution in [3.63, 3.8) is 0 Å². The molecule has 0 saturated carbocycles. The molecule has 47 heavy (non-hydrogen) atoms. The first-order valence-electron chi connectivity index (χ1n) is 14.3. The molecule has 4 rings (SSSR count). The topological polar surface area (TPSA) is 222 Å². The van der Waals surface area contributed by atoms with Crippen LogP contribution in [0.4, 0.5) is 4.79 Å². The van der Waals surface area contributed by atoms with Gasteiger partial charge in [-0.1, -0.05) is 58.8 Å². The van der Waals surface area contributed by atoms with E-state index in [4.69, 9.17) is 15.8 Å². The minimum absolute atomic E-state index is 0. The monoisotopic (exact) mass is 686 g/mol. The first-order chi connectivity index (χ1) is 21.8. The summed E-state index contributed by atoms with van der Waals surface area (Å²) < 4.78 is 5.49. The van der Waals surface area contributed by atoms with Gasteiger partial charge < -0.3 is 10.1 Å². The summed E-state index contributed by atoms with van der Waals surface area (Å²) in [5, 5.41) is 31.0. The van der Waals surface area contributed by atoms with E-state index < -0.39 is 11.7 Å². The van der Waals surface area contributed by atoms with Crippen molar-refractivity contribution in [3.8, 4) is 0 Å². The Hall–Kier alpha value is -4.85. The molecule has 1 amide bonds. The number of azide groups is 2. The number of benzene rings is 2. The van der Waals surface area contributed by atoms with Crippen LogP contribution in [0, 0.1) is 0 Å². The average molecular weight is 688 g/mol. The molecule has 16 nitrogen and oxygen atoms in total. The van der Waals surface area contributed by atoms with Crippen LogP contribution >= 0.6 is 24.8 Å². The number of carbonyl (C=O) groups is 1. The number of H-pyrrole nitrogens is 2. The third-order valence-electron chi connectivity index (χ3n) is 6.12. The van der Waals surface area contributed by atoms with Crippen molar-refractivity contribution in [2.45, 2.75) is 65.4 Å². The van der Waals surface area contributed by atoms with Crippen LogP contribution < -0.4 is 5.32 Å². The molecule has 2 aromatic carbocycles. The second kappa shape index (κ2) is 21.8. The van der Waals surface area contributed by atoms with Gasteiger partial charge in [0.05, 0.1) is 24.6 Å². The van der Waals surface area contributed by atoms with E-state index in [-0.39, 0.29) is 24.8 Å². The van der Waals surface area contributed by atoms with Crippen LogP contribution in [0.1, 0.15) is 54.4 Å². The zero-order valence-corrected chi connectivity index (χ0v) is 28.1. The predicted molar refractivity (Wildman–Crippen MR) is 182 cm³/mol. The van der Waals surface area contributed by atoms with Gasteiger partial charge in [-0.2, -0.15) is 30.8 Å². The van der Waals surface area contributed by atoms with Gasteiger partial charge in [-0.25, -0.2) is 4.79 Å². The molecule has 0 aliphatic carbocycles. The minimum atomic E-state index is -0.579. The van der Waals surface area contributed by atoms with Gasteiger partial charge >= 0.3 is 6.09 Å². The van der Waals surface area contributed by atoms with Gasteiger partial charge in [-0.15, -0.1) is 24.8 Å². The maximum Gasteiger partial charge on any atom is 0.410 e. The van der Waals surface area contributed by atoms with E-state index in [1.54, 1.807) is 17.3 Å². The molecule has 0 aliphatic heterocycles. The summed E-state index contributed by atoms with van der Waals surface area (Å²) >= 11 is 0. The SMILES string of the molecule is CC(C)(C)OC(=O)N(Cc1ccc(CCN=[N+]=[N-])cc1)Cc1cn[nH]n1.Cl.Cl.[N-]=[N+]=NCCc1ccc(CNCc2cn[nH]n2)cc1. The molecule has 0 unspecified atom stereocenters. The molecular formula is C29H40Cl2N14O2. The van der Waals surface area contributed by atoms with Crippen molar-refractivity contribution in [1.82, 2.24) is 41.0 Å². The summed E-state index contributed by atoms with van der Waals surface area (Å²) in [5.41, 5.74) is 21.9. The number of nitrogens with one attached hydrogen (secondary N) is 3. The Morgan fingerprint density at radius 2 is 1.28 bits per heavy atom. The fraction of sp³-hybridized carbons (Fsp3) is 0.414. The number of halogens is 2. The summed E-state index contributed by atoms with van der Waals surface area (Å²) in [4.78, 5) is 19.6. The summed E-state index contributed by atoms with van der Waals surface area (Å²) in [6.45, 7) is 8.57. The number of amides is 1. The van der Waals surface area contributed by atoms with Gasteiger partial charge in [-0.05, 0) is 66.9 Å². The number of nitrogens with zero attached hydrogens (tertiary/aromatic N) is 11. The molecule has 0 spiro atoms. The van der Waals surface area contributed by atoms with Crippen molar-refractivity contribution < 1.29 is 9.53 Å². The second-order valence-corrected chi connectivity index (χ2v) is 10.9. The first kappa shape index (κ1) is 40.2. The first-order valence-corrected chi connectivity index (χ1v) is 14.3. The van der Waals surface area contributed by atoms with Crippen molar-refractivity contribution in [3.05, 3.63) is 115 Å². The Labute approximate surface area is 285 Å². The standard InChI is InChI=1S/C17H23N7O2.C12H15N7.2ClH/c1-17(2,3)26-16(25)24(12-15-10-20-23-21-15)11-14-6-4-13(5-7-14)8-9-19-22-18;13-18-15-6-5-10-1-3-11(4-2-10)7-14-8-12-9-16-19-17-12;;/h4-7,10H,8-9,11-12H2,1-3H3,(H,20,21,23);1-4,9,14H,5-8H2,(H,16,17,19);2*1H. The molecule has 3 N–H and O–H groups in total. The summed E-state index contributed by atoms with van der Waals surface area (Å²) in [6, 6.07) is 16.1. The van der Waals surface area contributed by atoms with Gasteiger partial charge in [0.25, 0.3) is 0 Å². The lowest BCUT2D eigenvalue weighted by Gasteiger charge is -2.27. The molecule has 0 radical (unpaired) electrons. The molecule has 0 fully saturated rings. The van der Waals surface area contributed by atoms with E-state index in [9.17, 15) is 4.79 Å². The van der Waals surface area contributed by atoms with Crippen LogP contribution in [0.5, 0.6) is 0 Å². The molecular weight excluding hydrogens is 647 g/mol. The van der Waals surface area contributed by atoms with Gasteiger partial charge in [0.1, 0.15) is 11.3 Å². The average Bonchev–Trinajstić information content (AvgIpc) is 3.73. The van der Waals surface area contributed by atoms with Gasteiger partial charge in [0, 0.05) is 42.5 Å². The molecule has 2 aromatic heterocycles. The molecule has 0 saturated heterocycles. The Kier molecular flexibility index (Phi) is 18.6. The number of rotatable bonds is 14. The van der Waals surface area contributed by atoms with Gasteiger partial charge in [-0.3, -0.25) is 4.90 Å².